The predicted octanol–water partition coefficient (Wildman–Crippen LogP) is 3.94. The van der Waals surface area contributed by atoms with Gasteiger partial charge in [-0.15, -0.1) is 0 Å². The standard InChI is InChI=1S/C18H16BrCl2N3O4/c1-28-15-5-2-10(19)8-12(15)18(27)24-23-17(26)7-6-16(25)22-14-4-3-11(20)9-13(14)21/h2-5,8-9H,6-7H2,1H3,(H,22,25)(H,23,26)(H,24,27). The van der Waals surface area contributed by atoms with E-state index in [9.17, 15) is 14.4 Å². The van der Waals surface area contributed by atoms with Crippen LogP contribution in [0, 0.1) is 0 Å². The lowest BCUT2D eigenvalue weighted by Gasteiger charge is -2.11. The highest BCUT2D eigenvalue weighted by atomic mass is 79.9. The molecule has 0 aliphatic heterocycles. The van der Waals surface area contributed by atoms with E-state index in [1.165, 1.54) is 13.2 Å². The van der Waals surface area contributed by atoms with Gasteiger partial charge < -0.3 is 10.1 Å². The zero-order chi connectivity index (χ0) is 20.7. The molecule has 0 saturated heterocycles. The summed E-state index contributed by atoms with van der Waals surface area (Å²) in [7, 11) is 1.43. The first-order valence-corrected chi connectivity index (χ1v) is 9.52. The molecule has 2 rings (SSSR count). The number of benzene rings is 2. The van der Waals surface area contributed by atoms with Crippen LogP contribution in [0.5, 0.6) is 5.75 Å². The Balaban J connectivity index is 1.81. The lowest BCUT2D eigenvalue weighted by atomic mass is 10.2. The summed E-state index contributed by atoms with van der Waals surface area (Å²) >= 11 is 15.0. The van der Waals surface area contributed by atoms with Gasteiger partial charge in [0.2, 0.25) is 11.8 Å². The van der Waals surface area contributed by atoms with Crippen LogP contribution in [0.3, 0.4) is 0 Å². The van der Waals surface area contributed by atoms with Crippen LogP contribution in [-0.4, -0.2) is 24.8 Å². The third kappa shape index (κ3) is 6.40. The minimum Gasteiger partial charge on any atom is -0.496 e. The van der Waals surface area contributed by atoms with Gasteiger partial charge >= 0.3 is 0 Å². The quantitative estimate of drug-likeness (QED) is 0.536. The number of hydrogen-bond donors (Lipinski definition) is 3. The van der Waals surface area contributed by atoms with Gasteiger partial charge in [-0.3, -0.25) is 25.2 Å². The third-order valence-electron chi connectivity index (χ3n) is 3.51. The van der Waals surface area contributed by atoms with Gasteiger partial charge in [0.1, 0.15) is 5.75 Å². The highest BCUT2D eigenvalue weighted by Crippen LogP contribution is 2.25. The highest BCUT2D eigenvalue weighted by molar-refractivity contribution is 9.10. The van der Waals surface area contributed by atoms with E-state index in [-0.39, 0.29) is 18.4 Å². The fraction of sp³-hybridized carbons (Fsp3) is 0.167. The number of ether oxygens (including phenoxy) is 1. The van der Waals surface area contributed by atoms with Gasteiger partial charge in [0.15, 0.2) is 0 Å². The number of nitrogens with one attached hydrogen (secondary N) is 3. The number of carbonyl (C=O) groups excluding carboxylic acids is 3. The molecule has 0 aliphatic rings. The molecule has 0 bridgehead atoms. The predicted molar refractivity (Wildman–Crippen MR) is 111 cm³/mol. The number of hydrogen-bond acceptors (Lipinski definition) is 4. The molecule has 0 aliphatic carbocycles. The number of halogens is 3. The summed E-state index contributed by atoms with van der Waals surface area (Å²) < 4.78 is 5.80. The Morgan fingerprint density at radius 1 is 1.00 bits per heavy atom. The molecule has 2 aromatic carbocycles. The van der Waals surface area contributed by atoms with Crippen LogP contribution < -0.4 is 20.9 Å². The lowest BCUT2D eigenvalue weighted by molar-refractivity contribution is -0.124. The van der Waals surface area contributed by atoms with Crippen molar-refractivity contribution in [3.63, 3.8) is 0 Å². The maximum absolute atomic E-state index is 12.2. The molecule has 0 spiro atoms. The van der Waals surface area contributed by atoms with Gasteiger partial charge in [-0.2, -0.15) is 0 Å². The molecule has 3 amide bonds. The molecule has 7 nitrogen and oxygen atoms in total. The van der Waals surface area contributed by atoms with Gasteiger partial charge in [0, 0.05) is 22.3 Å². The molecule has 2 aromatic rings. The fourth-order valence-corrected chi connectivity index (χ4v) is 2.96. The van der Waals surface area contributed by atoms with Crippen molar-refractivity contribution < 1.29 is 19.1 Å². The second-order valence-corrected chi connectivity index (χ2v) is 7.28. The Labute approximate surface area is 179 Å². The number of hydrazine groups is 1. The summed E-state index contributed by atoms with van der Waals surface area (Å²) in [6, 6.07) is 9.54. The zero-order valence-electron chi connectivity index (χ0n) is 14.6. The molecule has 28 heavy (non-hydrogen) atoms. The van der Waals surface area contributed by atoms with Crippen LogP contribution in [0.1, 0.15) is 23.2 Å². The maximum atomic E-state index is 12.2. The first-order valence-electron chi connectivity index (χ1n) is 7.97. The van der Waals surface area contributed by atoms with E-state index in [2.05, 4.69) is 32.1 Å². The normalized spacial score (nSPS) is 10.1. The molecule has 0 aromatic heterocycles. The summed E-state index contributed by atoms with van der Waals surface area (Å²) in [5.74, 6) is -1.13. The second kappa shape index (κ2) is 10.3. The maximum Gasteiger partial charge on any atom is 0.273 e. The smallest absolute Gasteiger partial charge is 0.273 e. The van der Waals surface area contributed by atoms with Crippen molar-refractivity contribution in [1.82, 2.24) is 10.9 Å². The van der Waals surface area contributed by atoms with Gasteiger partial charge in [0.05, 0.1) is 23.4 Å². The Kier molecular flexibility index (Phi) is 8.10. The van der Waals surface area contributed by atoms with E-state index in [1.54, 1.807) is 30.3 Å². The van der Waals surface area contributed by atoms with Crippen LogP contribution >= 0.6 is 39.1 Å². The first-order chi connectivity index (χ1) is 13.3. The zero-order valence-corrected chi connectivity index (χ0v) is 17.7. The van der Waals surface area contributed by atoms with Crippen molar-refractivity contribution >= 4 is 62.5 Å². The second-order valence-electron chi connectivity index (χ2n) is 5.52. The van der Waals surface area contributed by atoms with Crippen LogP contribution in [0.25, 0.3) is 0 Å². The van der Waals surface area contributed by atoms with Crippen LogP contribution in [-0.2, 0) is 9.59 Å². The molecule has 0 heterocycles. The van der Waals surface area contributed by atoms with Crippen molar-refractivity contribution in [2.75, 3.05) is 12.4 Å². The molecule has 0 saturated carbocycles. The first kappa shape index (κ1) is 22.0. The van der Waals surface area contributed by atoms with Crippen molar-refractivity contribution in [2.45, 2.75) is 12.8 Å². The highest BCUT2D eigenvalue weighted by Gasteiger charge is 2.14. The Hall–Kier alpha value is -2.29. The Morgan fingerprint density at radius 3 is 2.39 bits per heavy atom. The van der Waals surface area contributed by atoms with E-state index in [1.807, 2.05) is 0 Å². The number of rotatable bonds is 6. The van der Waals surface area contributed by atoms with E-state index in [0.717, 1.165) is 0 Å². The minimum absolute atomic E-state index is 0.0964. The number of amides is 3. The van der Waals surface area contributed by atoms with Crippen molar-refractivity contribution in [1.29, 1.82) is 0 Å². The number of carbonyl (C=O) groups is 3. The van der Waals surface area contributed by atoms with E-state index in [0.29, 0.717) is 26.0 Å². The molecule has 3 N–H and O–H groups in total. The average molecular weight is 489 g/mol. The largest absolute Gasteiger partial charge is 0.496 e. The van der Waals surface area contributed by atoms with Crippen LogP contribution in [0.2, 0.25) is 10.0 Å². The van der Waals surface area contributed by atoms with Gasteiger partial charge in [-0.25, -0.2) is 0 Å². The van der Waals surface area contributed by atoms with E-state index in [4.69, 9.17) is 27.9 Å². The SMILES string of the molecule is COc1ccc(Br)cc1C(=O)NNC(=O)CCC(=O)Nc1ccc(Cl)cc1Cl. The van der Waals surface area contributed by atoms with Crippen molar-refractivity contribution in [3.05, 3.63) is 56.5 Å². The molecule has 148 valence electrons. The van der Waals surface area contributed by atoms with E-state index >= 15 is 0 Å². The molecule has 0 unspecified atom stereocenters. The monoisotopic (exact) mass is 487 g/mol. The van der Waals surface area contributed by atoms with Crippen LogP contribution in [0.4, 0.5) is 5.69 Å². The summed E-state index contributed by atoms with van der Waals surface area (Å²) in [5, 5.41) is 3.32. The van der Waals surface area contributed by atoms with Gasteiger partial charge in [-0.1, -0.05) is 39.1 Å². The molecular weight excluding hydrogens is 473 g/mol. The van der Waals surface area contributed by atoms with Crippen molar-refractivity contribution in [3.8, 4) is 5.75 Å². The van der Waals surface area contributed by atoms with Gasteiger partial charge in [-0.05, 0) is 36.4 Å². The number of anilines is 1. The molecule has 0 atom stereocenters. The van der Waals surface area contributed by atoms with Crippen LogP contribution in [0.15, 0.2) is 40.9 Å². The van der Waals surface area contributed by atoms with E-state index < -0.39 is 17.7 Å². The minimum atomic E-state index is -0.552. The summed E-state index contributed by atoms with van der Waals surface area (Å²) in [6.45, 7) is 0. The lowest BCUT2D eigenvalue weighted by Crippen LogP contribution is -2.42. The number of methoxy groups -OCH3 is 1. The molecule has 0 fully saturated rings. The molecular formula is C18H16BrCl2N3O4. The van der Waals surface area contributed by atoms with Gasteiger partial charge in [0.25, 0.3) is 5.91 Å². The fourth-order valence-electron chi connectivity index (χ4n) is 2.14. The Morgan fingerprint density at radius 2 is 1.71 bits per heavy atom. The average Bonchev–Trinajstić information content (AvgIpc) is 2.66. The molecule has 10 heteroatoms. The molecule has 0 radical (unpaired) electrons. The summed E-state index contributed by atoms with van der Waals surface area (Å²) in [4.78, 5) is 36.0. The summed E-state index contributed by atoms with van der Waals surface area (Å²) in [5.41, 5.74) is 5.18. The Bertz CT molecular complexity index is 908. The third-order valence-corrected chi connectivity index (χ3v) is 4.55. The topological polar surface area (TPSA) is 96.5 Å². The summed E-state index contributed by atoms with van der Waals surface area (Å²) in [6.07, 6.45) is -0.228. The van der Waals surface area contributed by atoms with Crippen molar-refractivity contribution in [2.24, 2.45) is 0 Å².